The summed E-state index contributed by atoms with van der Waals surface area (Å²) in [5.41, 5.74) is -2.52. The van der Waals surface area contributed by atoms with E-state index in [4.69, 9.17) is 5.11 Å². The number of rotatable bonds is 11. The van der Waals surface area contributed by atoms with Gasteiger partial charge < -0.3 is 20.5 Å². The van der Waals surface area contributed by atoms with Gasteiger partial charge in [0.25, 0.3) is 0 Å². The van der Waals surface area contributed by atoms with E-state index in [1.165, 1.54) is 29.6 Å². The van der Waals surface area contributed by atoms with Gasteiger partial charge in [0.15, 0.2) is 0 Å². The molecule has 0 saturated carbocycles. The average Bonchev–Trinajstić information content (AvgIpc) is 2.87. The molecule has 0 heterocycles. The molecule has 0 aliphatic carbocycles. The third-order valence-corrected chi connectivity index (χ3v) is 5.91. The van der Waals surface area contributed by atoms with Gasteiger partial charge in [0.05, 0.1) is 12.0 Å². The summed E-state index contributed by atoms with van der Waals surface area (Å²) in [7, 11) is 0. The van der Waals surface area contributed by atoms with E-state index in [2.05, 4.69) is 10.1 Å². The van der Waals surface area contributed by atoms with Gasteiger partial charge >= 0.3 is 24.8 Å². The summed E-state index contributed by atoms with van der Waals surface area (Å²) in [6.45, 7) is 0. The SMILES string of the molecule is O=C(O)NC(CC(F)(F)F)C(=O)N[C@](Cc1ccccc1)(c1ccc(F)cc1)c1cc(F)cc(OC(F)(F)C(F)F)c1. The van der Waals surface area contributed by atoms with Crippen molar-refractivity contribution in [2.45, 2.75) is 43.1 Å². The molecule has 0 bridgehead atoms. The van der Waals surface area contributed by atoms with Crippen molar-refractivity contribution < 1.29 is 58.9 Å². The molecule has 3 N–H and O–H groups in total. The zero-order valence-corrected chi connectivity index (χ0v) is 21.1. The molecular formula is C27H21F9N2O4. The van der Waals surface area contributed by atoms with Gasteiger partial charge in [-0.1, -0.05) is 42.5 Å². The predicted octanol–water partition coefficient (Wildman–Crippen LogP) is 6.39. The third-order valence-electron chi connectivity index (χ3n) is 5.91. The Hall–Kier alpha value is -4.43. The summed E-state index contributed by atoms with van der Waals surface area (Å²) in [6, 6.07) is 10.7. The van der Waals surface area contributed by atoms with E-state index in [1.54, 1.807) is 6.07 Å². The summed E-state index contributed by atoms with van der Waals surface area (Å²) < 4.78 is 126. The van der Waals surface area contributed by atoms with Gasteiger partial charge in [-0.25, -0.2) is 13.6 Å². The van der Waals surface area contributed by atoms with E-state index in [1.807, 2.05) is 0 Å². The number of amides is 2. The highest BCUT2D eigenvalue weighted by Gasteiger charge is 2.45. The topological polar surface area (TPSA) is 87.7 Å². The first-order valence-corrected chi connectivity index (χ1v) is 11.8. The fourth-order valence-corrected chi connectivity index (χ4v) is 4.15. The Bertz CT molecular complexity index is 1390. The van der Waals surface area contributed by atoms with Crippen molar-refractivity contribution >= 4 is 12.0 Å². The van der Waals surface area contributed by atoms with Gasteiger partial charge in [-0.3, -0.25) is 4.79 Å². The Morgan fingerprint density at radius 2 is 1.45 bits per heavy atom. The molecule has 0 spiro atoms. The second kappa shape index (κ2) is 12.6. The molecule has 42 heavy (non-hydrogen) atoms. The second-order valence-corrected chi connectivity index (χ2v) is 9.03. The molecule has 6 nitrogen and oxygen atoms in total. The maximum absolute atomic E-state index is 14.8. The van der Waals surface area contributed by atoms with E-state index < -0.39 is 78.1 Å². The third kappa shape index (κ3) is 8.30. The molecule has 0 radical (unpaired) electrons. The predicted molar refractivity (Wildman–Crippen MR) is 129 cm³/mol. The van der Waals surface area contributed by atoms with Crippen molar-refractivity contribution in [2.75, 3.05) is 0 Å². The minimum atomic E-state index is -5.09. The molecular weight excluding hydrogens is 587 g/mol. The summed E-state index contributed by atoms with van der Waals surface area (Å²) in [5.74, 6) is -4.86. The lowest BCUT2D eigenvalue weighted by Crippen LogP contribution is -2.56. The molecule has 0 aliphatic rings. The number of hydrogen-bond donors (Lipinski definition) is 3. The van der Waals surface area contributed by atoms with Crippen LogP contribution in [0.15, 0.2) is 72.8 Å². The summed E-state index contributed by atoms with van der Waals surface area (Å²) in [6.07, 6.45) is -18.9. The van der Waals surface area contributed by atoms with E-state index in [0.717, 1.165) is 24.3 Å². The lowest BCUT2D eigenvalue weighted by molar-refractivity contribution is -0.253. The van der Waals surface area contributed by atoms with Gasteiger partial charge in [0, 0.05) is 12.5 Å². The van der Waals surface area contributed by atoms with Crippen LogP contribution >= 0.6 is 0 Å². The highest BCUT2D eigenvalue weighted by atomic mass is 19.4. The molecule has 1 unspecified atom stereocenters. The van der Waals surface area contributed by atoms with Crippen LogP contribution in [0.1, 0.15) is 23.1 Å². The van der Waals surface area contributed by atoms with Crippen molar-refractivity contribution in [3.63, 3.8) is 0 Å². The molecule has 0 aromatic heterocycles. The molecule has 3 aromatic rings. The first-order valence-electron chi connectivity index (χ1n) is 11.8. The maximum Gasteiger partial charge on any atom is 0.461 e. The van der Waals surface area contributed by atoms with Crippen molar-refractivity contribution in [2.24, 2.45) is 0 Å². The van der Waals surface area contributed by atoms with Gasteiger partial charge in [-0.05, 0) is 41.0 Å². The van der Waals surface area contributed by atoms with E-state index in [0.29, 0.717) is 23.8 Å². The standard InChI is InChI=1S/C27H21F9N2O4/c28-18-8-6-16(7-9-18)25(13-15-4-2-1-3-5-15,38-22(39)21(37-24(40)41)14-26(32,33)34)17-10-19(29)12-20(11-17)42-27(35,36)23(30)31/h1-12,21,23,37H,13-14H2,(H,38,39)(H,40,41)/t21?,25-/m1/s1. The number of carbonyl (C=O) groups is 2. The van der Waals surface area contributed by atoms with Gasteiger partial charge in [-0.2, -0.15) is 30.7 Å². The van der Waals surface area contributed by atoms with Crippen LogP contribution in [-0.4, -0.2) is 41.9 Å². The number of carbonyl (C=O) groups excluding carboxylic acids is 1. The van der Waals surface area contributed by atoms with Crippen LogP contribution in [0.2, 0.25) is 0 Å². The Balaban J connectivity index is 2.29. The van der Waals surface area contributed by atoms with Crippen LogP contribution in [0.4, 0.5) is 44.3 Å². The first-order chi connectivity index (χ1) is 19.5. The summed E-state index contributed by atoms with van der Waals surface area (Å²) >= 11 is 0. The summed E-state index contributed by atoms with van der Waals surface area (Å²) in [4.78, 5) is 24.5. The number of carboxylic acid groups (broad SMARTS) is 1. The van der Waals surface area contributed by atoms with Crippen LogP contribution < -0.4 is 15.4 Å². The lowest BCUT2D eigenvalue weighted by atomic mass is 9.77. The Labute approximate surface area is 232 Å². The first kappa shape index (κ1) is 32.1. The van der Waals surface area contributed by atoms with Gasteiger partial charge in [0.1, 0.15) is 23.4 Å². The Morgan fingerprint density at radius 3 is 2.00 bits per heavy atom. The normalized spacial score (nSPS) is 14.1. The van der Waals surface area contributed by atoms with Crippen molar-refractivity contribution in [3.8, 4) is 5.75 Å². The monoisotopic (exact) mass is 608 g/mol. The molecule has 3 rings (SSSR count). The van der Waals surface area contributed by atoms with Crippen molar-refractivity contribution in [3.05, 3.63) is 101 Å². The van der Waals surface area contributed by atoms with Crippen molar-refractivity contribution in [1.29, 1.82) is 0 Å². The Kier molecular flexibility index (Phi) is 9.64. The zero-order valence-electron chi connectivity index (χ0n) is 21.1. The van der Waals surface area contributed by atoms with Crippen LogP contribution in [0.5, 0.6) is 5.75 Å². The summed E-state index contributed by atoms with van der Waals surface area (Å²) in [5, 5.41) is 12.8. The van der Waals surface area contributed by atoms with E-state index in [-0.39, 0.29) is 5.56 Å². The lowest BCUT2D eigenvalue weighted by Gasteiger charge is -2.38. The fourth-order valence-electron chi connectivity index (χ4n) is 4.15. The minimum Gasteiger partial charge on any atom is -0.465 e. The molecule has 0 aliphatic heterocycles. The van der Waals surface area contributed by atoms with Crippen molar-refractivity contribution in [1.82, 2.24) is 10.6 Å². The molecule has 2 atom stereocenters. The minimum absolute atomic E-state index is 0.126. The molecule has 15 heteroatoms. The molecule has 0 fully saturated rings. The smallest absolute Gasteiger partial charge is 0.461 e. The highest BCUT2D eigenvalue weighted by molar-refractivity contribution is 5.86. The highest BCUT2D eigenvalue weighted by Crippen LogP contribution is 2.38. The number of halogens is 9. The number of alkyl halides is 7. The molecule has 0 saturated heterocycles. The number of ether oxygens (including phenoxy) is 1. The second-order valence-electron chi connectivity index (χ2n) is 9.03. The zero-order chi connectivity index (χ0) is 31.3. The van der Waals surface area contributed by atoms with Crippen LogP contribution in [0, 0.1) is 11.6 Å². The van der Waals surface area contributed by atoms with Crippen LogP contribution in [0.25, 0.3) is 0 Å². The van der Waals surface area contributed by atoms with Crippen LogP contribution in [-0.2, 0) is 16.8 Å². The Morgan fingerprint density at radius 1 is 0.833 bits per heavy atom. The average molecular weight is 608 g/mol. The van der Waals surface area contributed by atoms with E-state index in [9.17, 15) is 49.1 Å². The molecule has 2 amide bonds. The number of nitrogens with one attached hydrogen (secondary N) is 2. The number of benzene rings is 3. The fraction of sp³-hybridized carbons (Fsp3) is 0.259. The maximum atomic E-state index is 14.8. The largest absolute Gasteiger partial charge is 0.465 e. The molecule has 226 valence electrons. The number of hydrogen-bond acceptors (Lipinski definition) is 3. The van der Waals surface area contributed by atoms with Gasteiger partial charge in [0.2, 0.25) is 5.91 Å². The van der Waals surface area contributed by atoms with E-state index >= 15 is 0 Å². The van der Waals surface area contributed by atoms with Crippen LogP contribution in [0.3, 0.4) is 0 Å². The molecule has 3 aromatic carbocycles. The van der Waals surface area contributed by atoms with Gasteiger partial charge in [-0.15, -0.1) is 0 Å². The quantitative estimate of drug-likeness (QED) is 0.220.